The lowest BCUT2D eigenvalue weighted by molar-refractivity contribution is 0.108. The van der Waals surface area contributed by atoms with Gasteiger partial charge in [-0.1, -0.05) is 9.69 Å². The van der Waals surface area contributed by atoms with Crippen molar-refractivity contribution in [3.05, 3.63) is 9.69 Å². The lowest BCUT2D eigenvalue weighted by Gasteiger charge is -2.01. The molecule has 0 spiro atoms. The maximum Gasteiger partial charge on any atom is 0.302 e. The molecule has 2 atom stereocenters. The van der Waals surface area contributed by atoms with Crippen molar-refractivity contribution >= 4 is 0 Å². The Hall–Kier alpha value is -1.06. The average molecular weight is 140 g/mol. The van der Waals surface area contributed by atoms with Crippen LogP contribution in [0, 0.1) is 13.1 Å². The van der Waals surface area contributed by atoms with Crippen LogP contribution in [-0.4, -0.2) is 25.8 Å². The van der Waals surface area contributed by atoms with E-state index in [1.54, 1.807) is 7.11 Å². The van der Waals surface area contributed by atoms with Crippen LogP contribution in [0.5, 0.6) is 0 Å². The van der Waals surface area contributed by atoms with Gasteiger partial charge in [0.25, 0.3) is 19.7 Å². The SMILES string of the molecule is C#[N+]CC(OC)C(C)[N+]#C. The Bertz CT molecular complexity index is 165. The normalized spacial score (nSPS) is 14.8. The molecule has 0 bridgehead atoms. The van der Waals surface area contributed by atoms with Crippen molar-refractivity contribution in [2.24, 2.45) is 0 Å². The van der Waals surface area contributed by atoms with E-state index < -0.39 is 0 Å². The molecule has 54 valence electrons. The van der Waals surface area contributed by atoms with Crippen LogP contribution in [0.3, 0.4) is 0 Å². The van der Waals surface area contributed by atoms with Crippen molar-refractivity contribution in [1.29, 1.82) is 0 Å². The molecule has 0 aromatic rings. The van der Waals surface area contributed by atoms with Crippen LogP contribution in [-0.2, 0) is 4.74 Å². The van der Waals surface area contributed by atoms with Crippen LogP contribution in [0.15, 0.2) is 0 Å². The molecule has 0 aliphatic rings. The Kier molecular flexibility index (Phi) is 4.28. The molecule has 0 amide bonds. The number of hydrogen-bond donors (Lipinski definition) is 0. The first kappa shape index (κ1) is 8.94. The molecule has 0 N–H and O–H groups in total. The minimum absolute atomic E-state index is 0.0581. The van der Waals surface area contributed by atoms with E-state index in [0.29, 0.717) is 6.54 Å². The summed E-state index contributed by atoms with van der Waals surface area (Å²) in [5, 5.41) is 0. The van der Waals surface area contributed by atoms with Gasteiger partial charge in [-0.2, -0.15) is 0 Å². The zero-order chi connectivity index (χ0) is 7.98. The van der Waals surface area contributed by atoms with Gasteiger partial charge in [0, 0.05) is 14.0 Å². The van der Waals surface area contributed by atoms with Crippen molar-refractivity contribution in [3.8, 4) is 13.1 Å². The molecule has 0 fully saturated rings. The average Bonchev–Trinajstić information content (AvgIpc) is 1.99. The zero-order valence-corrected chi connectivity index (χ0v) is 6.32. The van der Waals surface area contributed by atoms with Gasteiger partial charge in [-0.05, 0) is 0 Å². The number of hydrogen-bond acceptors (Lipinski definition) is 1. The third kappa shape index (κ3) is 2.48. The Morgan fingerprint density at radius 2 is 2.10 bits per heavy atom. The van der Waals surface area contributed by atoms with Crippen molar-refractivity contribution in [2.45, 2.75) is 19.1 Å². The predicted octanol–water partition coefficient (Wildman–Crippen LogP) is 1.32. The summed E-state index contributed by atoms with van der Waals surface area (Å²) in [5.41, 5.74) is 0. The first-order valence-corrected chi connectivity index (χ1v) is 3.05. The molecule has 3 heteroatoms. The van der Waals surface area contributed by atoms with Crippen LogP contribution >= 0.6 is 0 Å². The Labute approximate surface area is 61.2 Å². The molecule has 0 aliphatic carbocycles. The number of nitrogens with zero attached hydrogens (tertiary/aromatic N) is 2. The maximum absolute atomic E-state index is 5.04. The molecule has 2 unspecified atom stereocenters. The minimum Gasteiger partial charge on any atom is -0.366 e. The summed E-state index contributed by atoms with van der Waals surface area (Å²) >= 11 is 0. The Balaban J connectivity index is 3.85. The highest BCUT2D eigenvalue weighted by Crippen LogP contribution is 2.02. The van der Waals surface area contributed by atoms with Gasteiger partial charge in [0.1, 0.15) is 0 Å². The van der Waals surface area contributed by atoms with Gasteiger partial charge in [0.2, 0.25) is 6.10 Å². The second kappa shape index (κ2) is 4.78. The standard InChI is InChI=1S/C7H12N2O/c1-6(9-3)7(10-4)5-8-2/h2-3,6-7H,5H2,1,4H3/q+2. The van der Waals surface area contributed by atoms with E-state index in [-0.39, 0.29) is 12.1 Å². The topological polar surface area (TPSA) is 17.9 Å². The quantitative estimate of drug-likeness (QED) is 0.578. The van der Waals surface area contributed by atoms with Gasteiger partial charge in [0.05, 0.1) is 0 Å². The fourth-order valence-electron chi connectivity index (χ4n) is 0.624. The molecule has 0 radical (unpaired) electrons. The van der Waals surface area contributed by atoms with E-state index >= 15 is 0 Å². The Morgan fingerprint density at radius 1 is 1.50 bits per heavy atom. The van der Waals surface area contributed by atoms with Crippen LogP contribution in [0.2, 0.25) is 0 Å². The third-order valence-corrected chi connectivity index (χ3v) is 1.36. The number of rotatable bonds is 3. The van der Waals surface area contributed by atoms with Gasteiger partial charge in [-0.15, -0.1) is 0 Å². The van der Waals surface area contributed by atoms with E-state index in [1.165, 1.54) is 0 Å². The fourth-order valence-corrected chi connectivity index (χ4v) is 0.624. The van der Waals surface area contributed by atoms with E-state index in [9.17, 15) is 0 Å². The van der Waals surface area contributed by atoms with Gasteiger partial charge < -0.3 is 4.74 Å². The van der Waals surface area contributed by atoms with Gasteiger partial charge >= 0.3 is 6.04 Å². The summed E-state index contributed by atoms with van der Waals surface area (Å²) in [4.78, 5) is 6.97. The summed E-state index contributed by atoms with van der Waals surface area (Å²) in [7, 11) is 1.58. The monoisotopic (exact) mass is 140 g/mol. The Morgan fingerprint density at radius 3 is 2.40 bits per heavy atom. The van der Waals surface area contributed by atoms with Crippen LogP contribution in [0.1, 0.15) is 6.92 Å². The highest BCUT2D eigenvalue weighted by molar-refractivity contribution is 4.90. The summed E-state index contributed by atoms with van der Waals surface area (Å²) < 4.78 is 5.00. The van der Waals surface area contributed by atoms with E-state index in [4.69, 9.17) is 17.9 Å². The largest absolute Gasteiger partial charge is 0.366 e. The van der Waals surface area contributed by atoms with Crippen LogP contribution < -0.4 is 0 Å². The van der Waals surface area contributed by atoms with E-state index in [2.05, 4.69) is 9.69 Å². The van der Waals surface area contributed by atoms with Crippen molar-refractivity contribution < 1.29 is 4.74 Å². The lowest BCUT2D eigenvalue weighted by atomic mass is 10.2. The van der Waals surface area contributed by atoms with Gasteiger partial charge in [-0.3, -0.25) is 0 Å². The lowest BCUT2D eigenvalue weighted by Crippen LogP contribution is -2.24. The second-order valence-corrected chi connectivity index (χ2v) is 2.03. The molecule has 10 heavy (non-hydrogen) atoms. The van der Waals surface area contributed by atoms with Crippen molar-refractivity contribution in [1.82, 2.24) is 0 Å². The summed E-state index contributed by atoms with van der Waals surface area (Å²) in [6.07, 6.45) is -0.102. The van der Waals surface area contributed by atoms with Gasteiger partial charge in [-0.25, -0.2) is 0 Å². The van der Waals surface area contributed by atoms with Crippen molar-refractivity contribution in [2.75, 3.05) is 13.7 Å². The molecular formula is C7H12N2O+2. The second-order valence-electron chi connectivity index (χ2n) is 2.03. The third-order valence-electron chi connectivity index (χ3n) is 1.36. The molecule has 0 aromatic carbocycles. The molecule has 0 aromatic heterocycles. The highest BCUT2D eigenvalue weighted by atomic mass is 16.5. The molecule has 0 heterocycles. The van der Waals surface area contributed by atoms with E-state index in [1.807, 2.05) is 6.92 Å². The molecule has 0 aliphatic heterocycles. The van der Waals surface area contributed by atoms with E-state index in [0.717, 1.165) is 0 Å². The number of methoxy groups -OCH3 is 1. The first-order valence-electron chi connectivity index (χ1n) is 3.05. The summed E-state index contributed by atoms with van der Waals surface area (Å²) in [6.45, 7) is 12.3. The molecule has 0 saturated carbocycles. The smallest absolute Gasteiger partial charge is 0.302 e. The zero-order valence-electron chi connectivity index (χ0n) is 6.32. The minimum atomic E-state index is -0.102. The molecule has 3 nitrogen and oxygen atoms in total. The maximum atomic E-state index is 5.04. The summed E-state index contributed by atoms with van der Waals surface area (Å²) in [6, 6.07) is -0.0581. The fraction of sp³-hybridized carbons (Fsp3) is 0.714. The first-order chi connectivity index (χ1) is 4.76. The molecule has 0 rings (SSSR count). The van der Waals surface area contributed by atoms with Crippen molar-refractivity contribution in [3.63, 3.8) is 0 Å². The predicted molar refractivity (Wildman–Crippen MR) is 41.7 cm³/mol. The number of ether oxygens (including phenoxy) is 1. The highest BCUT2D eigenvalue weighted by Gasteiger charge is 2.27. The molecule has 0 saturated heterocycles. The van der Waals surface area contributed by atoms with Crippen LogP contribution in [0.25, 0.3) is 9.69 Å². The summed E-state index contributed by atoms with van der Waals surface area (Å²) in [5.74, 6) is 0. The molecular weight excluding hydrogens is 128 g/mol. The van der Waals surface area contributed by atoms with Crippen LogP contribution in [0.4, 0.5) is 0 Å². The van der Waals surface area contributed by atoms with Gasteiger partial charge in [0.15, 0.2) is 0 Å².